The van der Waals surface area contributed by atoms with Crippen LogP contribution in [0.3, 0.4) is 0 Å². The highest BCUT2D eigenvalue weighted by molar-refractivity contribution is 7.15. The van der Waals surface area contributed by atoms with Gasteiger partial charge in [0.25, 0.3) is 0 Å². The van der Waals surface area contributed by atoms with Gasteiger partial charge in [0.15, 0.2) is 4.47 Å². The molecule has 5 heteroatoms. The van der Waals surface area contributed by atoms with Gasteiger partial charge in [-0.15, -0.1) is 11.3 Å². The molecular weight excluding hydrogens is 242 g/mol. The minimum atomic E-state index is 0.179. The fraction of sp³-hybridized carbons (Fsp3) is 0.364. The summed E-state index contributed by atoms with van der Waals surface area (Å²) in [7, 11) is 0. The van der Waals surface area contributed by atoms with Crippen molar-refractivity contribution in [1.82, 2.24) is 9.55 Å². The first-order valence-electron chi connectivity index (χ1n) is 5.15. The zero-order valence-electron chi connectivity index (χ0n) is 9.06. The SMILES string of the molecule is CC(N)Cc1cccn1Cc1cnc(Cl)s1. The monoisotopic (exact) mass is 255 g/mol. The van der Waals surface area contributed by atoms with Crippen LogP contribution in [0, 0.1) is 0 Å². The first-order chi connectivity index (χ1) is 7.65. The van der Waals surface area contributed by atoms with Crippen LogP contribution in [-0.2, 0) is 13.0 Å². The van der Waals surface area contributed by atoms with Crippen LogP contribution >= 0.6 is 22.9 Å². The normalized spacial score (nSPS) is 12.9. The zero-order valence-corrected chi connectivity index (χ0v) is 10.6. The Labute approximate surface area is 104 Å². The van der Waals surface area contributed by atoms with E-state index in [2.05, 4.69) is 21.8 Å². The summed E-state index contributed by atoms with van der Waals surface area (Å²) in [4.78, 5) is 5.19. The number of nitrogens with zero attached hydrogens (tertiary/aromatic N) is 2. The minimum absolute atomic E-state index is 0.179. The van der Waals surface area contributed by atoms with Gasteiger partial charge in [0.1, 0.15) is 0 Å². The molecule has 0 bridgehead atoms. The van der Waals surface area contributed by atoms with Crippen LogP contribution in [-0.4, -0.2) is 15.6 Å². The average Bonchev–Trinajstić information content (AvgIpc) is 2.77. The van der Waals surface area contributed by atoms with Crippen molar-refractivity contribution >= 4 is 22.9 Å². The Kier molecular flexibility index (Phi) is 3.63. The van der Waals surface area contributed by atoms with Crippen molar-refractivity contribution in [2.24, 2.45) is 5.73 Å². The first-order valence-corrected chi connectivity index (χ1v) is 6.34. The van der Waals surface area contributed by atoms with Gasteiger partial charge in [-0.25, -0.2) is 4.98 Å². The summed E-state index contributed by atoms with van der Waals surface area (Å²) in [5.74, 6) is 0. The van der Waals surface area contributed by atoms with Gasteiger partial charge in [-0.2, -0.15) is 0 Å². The Morgan fingerprint density at radius 3 is 3.06 bits per heavy atom. The summed E-state index contributed by atoms with van der Waals surface area (Å²) in [6, 6.07) is 4.32. The van der Waals surface area contributed by atoms with Crippen molar-refractivity contribution in [2.75, 3.05) is 0 Å². The summed E-state index contributed by atoms with van der Waals surface area (Å²) in [6.07, 6.45) is 4.77. The van der Waals surface area contributed by atoms with Crippen molar-refractivity contribution in [3.8, 4) is 0 Å². The van der Waals surface area contributed by atoms with E-state index >= 15 is 0 Å². The highest BCUT2D eigenvalue weighted by Crippen LogP contribution is 2.19. The van der Waals surface area contributed by atoms with E-state index in [0.717, 1.165) is 17.8 Å². The van der Waals surface area contributed by atoms with Crippen molar-refractivity contribution < 1.29 is 0 Å². The van der Waals surface area contributed by atoms with Crippen molar-refractivity contribution in [3.63, 3.8) is 0 Å². The summed E-state index contributed by atoms with van der Waals surface area (Å²) >= 11 is 7.32. The maximum absolute atomic E-state index is 5.81. The molecule has 3 nitrogen and oxygen atoms in total. The lowest BCUT2D eigenvalue weighted by Gasteiger charge is -2.09. The fourth-order valence-electron chi connectivity index (χ4n) is 1.64. The lowest BCUT2D eigenvalue weighted by molar-refractivity contribution is 0.669. The molecule has 0 saturated heterocycles. The number of thiazole rings is 1. The third-order valence-electron chi connectivity index (χ3n) is 2.31. The van der Waals surface area contributed by atoms with Crippen LogP contribution in [0.1, 0.15) is 17.5 Å². The molecule has 0 aliphatic rings. The quantitative estimate of drug-likeness (QED) is 0.913. The standard InChI is InChI=1S/C11H14ClN3S/c1-8(13)5-9-3-2-4-15(9)7-10-6-14-11(12)16-10/h2-4,6,8H,5,7,13H2,1H3. The molecule has 0 aromatic carbocycles. The van der Waals surface area contributed by atoms with Gasteiger partial charge in [-0.05, 0) is 19.1 Å². The summed E-state index contributed by atoms with van der Waals surface area (Å²) < 4.78 is 2.78. The molecule has 0 aliphatic heterocycles. The molecule has 2 aromatic rings. The molecule has 1 atom stereocenters. The van der Waals surface area contributed by atoms with E-state index < -0.39 is 0 Å². The van der Waals surface area contributed by atoms with Crippen LogP contribution in [0.4, 0.5) is 0 Å². The second kappa shape index (κ2) is 4.99. The van der Waals surface area contributed by atoms with Crippen LogP contribution in [0.15, 0.2) is 24.5 Å². The van der Waals surface area contributed by atoms with Crippen molar-refractivity contribution in [1.29, 1.82) is 0 Å². The highest BCUT2D eigenvalue weighted by Gasteiger charge is 2.06. The summed E-state index contributed by atoms with van der Waals surface area (Å²) in [5.41, 5.74) is 7.06. The Bertz CT molecular complexity index is 461. The van der Waals surface area contributed by atoms with Gasteiger partial charge >= 0.3 is 0 Å². The van der Waals surface area contributed by atoms with Gasteiger partial charge in [0.2, 0.25) is 0 Å². The third-order valence-corrected chi connectivity index (χ3v) is 3.41. The lowest BCUT2D eigenvalue weighted by Crippen LogP contribution is -2.19. The highest BCUT2D eigenvalue weighted by atomic mass is 35.5. The van der Waals surface area contributed by atoms with Crippen LogP contribution in [0.5, 0.6) is 0 Å². The molecule has 2 heterocycles. The van der Waals surface area contributed by atoms with E-state index in [0.29, 0.717) is 4.47 Å². The van der Waals surface area contributed by atoms with Crippen LogP contribution in [0.25, 0.3) is 0 Å². The van der Waals surface area contributed by atoms with Gasteiger partial charge in [-0.1, -0.05) is 11.6 Å². The molecular formula is C11H14ClN3S. The lowest BCUT2D eigenvalue weighted by atomic mass is 10.2. The largest absolute Gasteiger partial charge is 0.346 e. The van der Waals surface area contributed by atoms with Crippen LogP contribution < -0.4 is 5.73 Å². The number of aromatic nitrogens is 2. The van der Waals surface area contributed by atoms with E-state index in [1.807, 2.05) is 19.2 Å². The Morgan fingerprint density at radius 1 is 1.62 bits per heavy atom. The number of nitrogens with two attached hydrogens (primary N) is 1. The number of hydrogen-bond donors (Lipinski definition) is 1. The predicted octanol–water partition coefficient (Wildman–Crippen LogP) is 2.54. The van der Waals surface area contributed by atoms with Gasteiger partial charge < -0.3 is 10.3 Å². The van der Waals surface area contributed by atoms with Crippen LogP contribution in [0.2, 0.25) is 4.47 Å². The fourth-order valence-corrected chi connectivity index (χ4v) is 2.62. The van der Waals surface area contributed by atoms with E-state index in [4.69, 9.17) is 17.3 Å². The third kappa shape index (κ3) is 2.84. The Hall–Kier alpha value is -0.840. The second-order valence-corrected chi connectivity index (χ2v) is 5.59. The van der Waals surface area contributed by atoms with Crippen molar-refractivity contribution in [2.45, 2.75) is 25.9 Å². The predicted molar refractivity (Wildman–Crippen MR) is 68.0 cm³/mol. The minimum Gasteiger partial charge on any atom is -0.346 e. The molecule has 86 valence electrons. The molecule has 16 heavy (non-hydrogen) atoms. The van der Waals surface area contributed by atoms with E-state index in [1.165, 1.54) is 17.0 Å². The molecule has 0 amide bonds. The molecule has 2 N–H and O–H groups in total. The Balaban J connectivity index is 2.12. The van der Waals surface area contributed by atoms with Crippen molar-refractivity contribution in [3.05, 3.63) is 39.6 Å². The smallest absolute Gasteiger partial charge is 0.183 e. The zero-order chi connectivity index (χ0) is 11.5. The molecule has 0 spiro atoms. The van der Waals surface area contributed by atoms with Gasteiger partial charge in [0.05, 0.1) is 6.54 Å². The van der Waals surface area contributed by atoms with Gasteiger partial charge in [0, 0.05) is 35.4 Å². The summed E-state index contributed by atoms with van der Waals surface area (Å²) in [5, 5.41) is 0. The maximum Gasteiger partial charge on any atom is 0.183 e. The average molecular weight is 256 g/mol. The topological polar surface area (TPSA) is 43.8 Å². The molecule has 0 radical (unpaired) electrons. The molecule has 0 saturated carbocycles. The van der Waals surface area contributed by atoms with E-state index in [1.54, 1.807) is 0 Å². The number of rotatable bonds is 4. The molecule has 0 aliphatic carbocycles. The summed E-state index contributed by atoms with van der Waals surface area (Å²) in [6.45, 7) is 2.83. The van der Waals surface area contributed by atoms with Gasteiger partial charge in [-0.3, -0.25) is 0 Å². The number of halogens is 1. The molecule has 0 fully saturated rings. The van der Waals surface area contributed by atoms with E-state index in [9.17, 15) is 0 Å². The molecule has 1 unspecified atom stereocenters. The van der Waals surface area contributed by atoms with E-state index in [-0.39, 0.29) is 6.04 Å². The maximum atomic E-state index is 5.81. The molecule has 2 aromatic heterocycles. The molecule has 2 rings (SSSR count). The Morgan fingerprint density at radius 2 is 2.44 bits per heavy atom. The second-order valence-electron chi connectivity index (χ2n) is 3.89. The first kappa shape index (κ1) is 11.6. The number of hydrogen-bond acceptors (Lipinski definition) is 3.